The SMILES string of the molecule is CSC(SC)=C(F)/C=C/C(=O)OC(C)(C)C. The maximum Gasteiger partial charge on any atom is 0.331 e. The van der Waals surface area contributed by atoms with E-state index in [4.69, 9.17) is 4.74 Å². The average molecular weight is 264 g/mol. The van der Waals surface area contributed by atoms with Gasteiger partial charge in [0, 0.05) is 6.08 Å². The van der Waals surface area contributed by atoms with Gasteiger partial charge in [0.15, 0.2) is 0 Å². The van der Waals surface area contributed by atoms with Crippen molar-refractivity contribution >= 4 is 29.5 Å². The van der Waals surface area contributed by atoms with E-state index >= 15 is 0 Å². The Labute approximate surface area is 105 Å². The van der Waals surface area contributed by atoms with E-state index < -0.39 is 17.4 Å². The van der Waals surface area contributed by atoms with Gasteiger partial charge in [-0.1, -0.05) is 0 Å². The summed E-state index contributed by atoms with van der Waals surface area (Å²) >= 11 is 2.61. The Balaban J connectivity index is 4.50. The van der Waals surface area contributed by atoms with Gasteiger partial charge in [0.25, 0.3) is 0 Å². The van der Waals surface area contributed by atoms with Crippen LogP contribution in [0.3, 0.4) is 0 Å². The number of ether oxygens (including phenoxy) is 1. The predicted octanol–water partition coefficient (Wildman–Crippen LogP) is 3.75. The third kappa shape index (κ3) is 6.95. The Morgan fingerprint density at radius 3 is 2.06 bits per heavy atom. The normalized spacial score (nSPS) is 11.6. The van der Waals surface area contributed by atoms with Crippen molar-refractivity contribution in [1.29, 1.82) is 0 Å². The first kappa shape index (κ1) is 15.6. The maximum atomic E-state index is 13.4. The maximum absolute atomic E-state index is 13.4. The Morgan fingerprint density at radius 1 is 1.19 bits per heavy atom. The summed E-state index contributed by atoms with van der Waals surface area (Å²) in [6, 6.07) is 0. The highest BCUT2D eigenvalue weighted by Crippen LogP contribution is 2.28. The quantitative estimate of drug-likeness (QED) is 0.439. The van der Waals surface area contributed by atoms with Crippen LogP contribution in [-0.2, 0) is 9.53 Å². The molecule has 0 rings (SSSR count). The molecule has 0 heterocycles. The largest absolute Gasteiger partial charge is 0.457 e. The highest BCUT2D eigenvalue weighted by molar-refractivity contribution is 8.21. The number of esters is 1. The van der Waals surface area contributed by atoms with Gasteiger partial charge >= 0.3 is 5.97 Å². The second-order valence-corrected chi connectivity index (χ2v) is 5.80. The number of hydrogen-bond acceptors (Lipinski definition) is 4. The summed E-state index contributed by atoms with van der Waals surface area (Å²) in [5.41, 5.74) is -0.552. The molecule has 16 heavy (non-hydrogen) atoms. The number of hydrogen-bond donors (Lipinski definition) is 0. The molecule has 0 amide bonds. The van der Waals surface area contributed by atoms with Gasteiger partial charge in [0.1, 0.15) is 11.4 Å². The lowest BCUT2D eigenvalue weighted by Gasteiger charge is -2.17. The Bertz CT molecular complexity index is 298. The third-order valence-electron chi connectivity index (χ3n) is 1.34. The van der Waals surface area contributed by atoms with Crippen molar-refractivity contribution in [2.24, 2.45) is 0 Å². The van der Waals surface area contributed by atoms with E-state index in [1.165, 1.54) is 23.5 Å². The molecule has 0 radical (unpaired) electrons. The molecule has 0 aliphatic rings. The zero-order valence-electron chi connectivity index (χ0n) is 10.2. The molecule has 0 fully saturated rings. The topological polar surface area (TPSA) is 26.3 Å². The van der Waals surface area contributed by atoms with Gasteiger partial charge in [-0.25, -0.2) is 9.18 Å². The number of carbonyl (C=O) groups excluding carboxylic acids is 1. The monoisotopic (exact) mass is 264 g/mol. The molecule has 0 atom stereocenters. The van der Waals surface area contributed by atoms with Gasteiger partial charge < -0.3 is 4.74 Å². The van der Waals surface area contributed by atoms with E-state index in [1.807, 2.05) is 0 Å². The second kappa shape index (κ2) is 7.01. The van der Waals surface area contributed by atoms with Crippen LogP contribution >= 0.6 is 23.5 Å². The van der Waals surface area contributed by atoms with E-state index in [0.717, 1.165) is 12.2 Å². The van der Waals surface area contributed by atoms with Crippen LogP contribution in [0.5, 0.6) is 0 Å². The zero-order chi connectivity index (χ0) is 12.8. The summed E-state index contributed by atoms with van der Waals surface area (Å²) in [5, 5.41) is 0. The van der Waals surface area contributed by atoms with Gasteiger partial charge in [0.2, 0.25) is 0 Å². The van der Waals surface area contributed by atoms with Crippen LogP contribution in [-0.4, -0.2) is 24.1 Å². The van der Waals surface area contributed by atoms with Crippen molar-refractivity contribution in [3.63, 3.8) is 0 Å². The lowest BCUT2D eigenvalue weighted by molar-refractivity contribution is -0.148. The average Bonchev–Trinajstić information content (AvgIpc) is 2.14. The van der Waals surface area contributed by atoms with Gasteiger partial charge in [0.05, 0.1) is 4.24 Å². The Morgan fingerprint density at radius 2 is 1.69 bits per heavy atom. The molecule has 0 aromatic heterocycles. The van der Waals surface area contributed by atoms with Crippen molar-refractivity contribution in [3.05, 3.63) is 22.2 Å². The Hall–Kier alpha value is -0.420. The van der Waals surface area contributed by atoms with Crippen LogP contribution in [0.15, 0.2) is 22.2 Å². The molecule has 0 spiro atoms. The molecular weight excluding hydrogens is 247 g/mol. The lowest BCUT2D eigenvalue weighted by atomic mass is 10.2. The summed E-state index contributed by atoms with van der Waals surface area (Å²) in [7, 11) is 0. The molecule has 0 N–H and O–H groups in total. The predicted molar refractivity (Wildman–Crippen MR) is 70.1 cm³/mol. The first-order valence-corrected chi connectivity index (χ1v) is 7.14. The molecule has 5 heteroatoms. The van der Waals surface area contributed by atoms with E-state index in [1.54, 1.807) is 33.3 Å². The number of allylic oxidation sites excluding steroid dienone is 2. The van der Waals surface area contributed by atoms with E-state index in [2.05, 4.69) is 0 Å². The fourth-order valence-corrected chi connectivity index (χ4v) is 2.02. The van der Waals surface area contributed by atoms with Gasteiger partial charge in [-0.15, -0.1) is 23.5 Å². The van der Waals surface area contributed by atoms with Crippen LogP contribution in [0, 0.1) is 0 Å². The minimum absolute atomic E-state index is 0.411. The van der Waals surface area contributed by atoms with Crippen LogP contribution in [0.25, 0.3) is 0 Å². The summed E-state index contributed by atoms with van der Waals surface area (Å²) in [6.07, 6.45) is 5.81. The highest BCUT2D eigenvalue weighted by Gasteiger charge is 2.14. The van der Waals surface area contributed by atoms with Crippen LogP contribution < -0.4 is 0 Å². The molecule has 0 aromatic carbocycles. The first-order valence-electron chi connectivity index (χ1n) is 4.69. The van der Waals surface area contributed by atoms with E-state index in [-0.39, 0.29) is 0 Å². The van der Waals surface area contributed by atoms with Crippen molar-refractivity contribution in [3.8, 4) is 0 Å². The summed E-state index contributed by atoms with van der Waals surface area (Å²) in [5.74, 6) is -0.949. The van der Waals surface area contributed by atoms with Gasteiger partial charge in [-0.3, -0.25) is 0 Å². The van der Waals surface area contributed by atoms with Gasteiger partial charge in [-0.2, -0.15) is 0 Å². The highest BCUT2D eigenvalue weighted by atomic mass is 32.2. The zero-order valence-corrected chi connectivity index (χ0v) is 11.8. The minimum atomic E-state index is -0.552. The second-order valence-electron chi connectivity index (χ2n) is 3.91. The van der Waals surface area contributed by atoms with Gasteiger partial charge in [-0.05, 0) is 39.4 Å². The van der Waals surface area contributed by atoms with Crippen LogP contribution in [0.2, 0.25) is 0 Å². The summed E-state index contributed by atoms with van der Waals surface area (Å²) in [4.78, 5) is 11.3. The molecule has 2 nitrogen and oxygen atoms in total. The first-order chi connectivity index (χ1) is 7.30. The van der Waals surface area contributed by atoms with Crippen molar-refractivity contribution in [2.75, 3.05) is 12.5 Å². The molecule has 0 aromatic rings. The molecule has 0 bridgehead atoms. The van der Waals surface area contributed by atoms with Crippen molar-refractivity contribution in [1.82, 2.24) is 0 Å². The smallest absolute Gasteiger partial charge is 0.331 e. The molecule has 92 valence electrons. The van der Waals surface area contributed by atoms with Crippen molar-refractivity contribution < 1.29 is 13.9 Å². The fraction of sp³-hybridized carbons (Fsp3) is 0.545. The minimum Gasteiger partial charge on any atom is -0.457 e. The Kier molecular flexibility index (Phi) is 6.83. The molecule has 0 saturated carbocycles. The lowest BCUT2D eigenvalue weighted by Crippen LogP contribution is -2.22. The molecule has 0 unspecified atom stereocenters. The van der Waals surface area contributed by atoms with E-state index in [9.17, 15) is 9.18 Å². The number of carbonyl (C=O) groups is 1. The standard InChI is InChI=1S/C11H17FO2S2/c1-11(2,3)14-9(13)7-6-8(12)10(15-4)16-5/h6-7H,1-5H3/b7-6+. The molecule has 0 aliphatic heterocycles. The fourth-order valence-electron chi connectivity index (χ4n) is 0.823. The number of thioether (sulfide) groups is 2. The molecule has 0 saturated heterocycles. The number of halogens is 1. The molecular formula is C11H17FO2S2. The third-order valence-corrected chi connectivity index (χ3v) is 3.47. The van der Waals surface area contributed by atoms with Crippen LogP contribution in [0.4, 0.5) is 4.39 Å². The molecule has 0 aliphatic carbocycles. The van der Waals surface area contributed by atoms with Crippen molar-refractivity contribution in [2.45, 2.75) is 26.4 Å². The number of rotatable bonds is 4. The van der Waals surface area contributed by atoms with E-state index in [0.29, 0.717) is 4.24 Å². The summed E-state index contributed by atoms with van der Waals surface area (Å²) in [6.45, 7) is 5.29. The summed E-state index contributed by atoms with van der Waals surface area (Å²) < 4.78 is 19.0. The van der Waals surface area contributed by atoms with Crippen LogP contribution in [0.1, 0.15) is 20.8 Å².